The van der Waals surface area contributed by atoms with Crippen LogP contribution < -0.4 is 0 Å². The minimum atomic E-state index is -2.81. The second kappa shape index (κ2) is 3.45. The van der Waals surface area contributed by atoms with E-state index in [1.54, 1.807) is 0 Å². The predicted octanol–water partition coefficient (Wildman–Crippen LogP) is 1.22. The Morgan fingerprint density at radius 3 is 2.44 bits per heavy atom. The number of fused-ring (bicyclic) bond motifs is 2. The van der Waals surface area contributed by atoms with E-state index in [0.717, 1.165) is 18.8 Å². The Balaban J connectivity index is 1.87. The Kier molecular flexibility index (Phi) is 2.38. The van der Waals surface area contributed by atoms with Crippen molar-refractivity contribution in [1.82, 2.24) is 0 Å². The monoisotopic (exact) mass is 244 g/mol. The van der Waals surface area contributed by atoms with Crippen LogP contribution in [0.1, 0.15) is 32.1 Å². The molecule has 4 atom stereocenters. The van der Waals surface area contributed by atoms with Gasteiger partial charge in [-0.1, -0.05) is 6.42 Å². The first-order chi connectivity index (χ1) is 7.56. The quantitative estimate of drug-likeness (QED) is 0.794. The molecule has 3 fully saturated rings. The maximum Gasteiger partial charge on any atom is 0.150 e. The molecule has 4 unspecified atom stereocenters. The van der Waals surface area contributed by atoms with E-state index in [1.807, 2.05) is 0 Å². The highest BCUT2D eigenvalue weighted by atomic mass is 32.2. The van der Waals surface area contributed by atoms with Gasteiger partial charge in [0.1, 0.15) is 0 Å². The summed E-state index contributed by atoms with van der Waals surface area (Å²) in [6.45, 7) is 0.203. The molecule has 0 aromatic carbocycles. The van der Waals surface area contributed by atoms with Gasteiger partial charge in [-0.25, -0.2) is 8.42 Å². The maximum atomic E-state index is 11.6. The lowest BCUT2D eigenvalue weighted by Gasteiger charge is -2.41. The molecule has 0 amide bonds. The van der Waals surface area contributed by atoms with Crippen molar-refractivity contribution in [1.29, 1.82) is 0 Å². The first kappa shape index (κ1) is 11.0. The third-order valence-corrected chi connectivity index (χ3v) is 7.13. The number of aliphatic hydroxyl groups is 1. The molecular formula is C12H20O3S. The average molecular weight is 244 g/mol. The molecule has 4 heteroatoms. The molecule has 92 valence electrons. The number of hydrogen-bond donors (Lipinski definition) is 1. The molecule has 0 aromatic rings. The molecule has 0 radical (unpaired) electrons. The molecule has 2 saturated carbocycles. The summed E-state index contributed by atoms with van der Waals surface area (Å²) >= 11 is 0. The van der Waals surface area contributed by atoms with Crippen molar-refractivity contribution in [2.45, 2.75) is 32.1 Å². The van der Waals surface area contributed by atoms with Crippen LogP contribution in [0.25, 0.3) is 0 Å². The van der Waals surface area contributed by atoms with Crippen molar-refractivity contribution in [2.24, 2.45) is 23.2 Å². The van der Waals surface area contributed by atoms with E-state index in [-0.39, 0.29) is 17.9 Å². The van der Waals surface area contributed by atoms with Gasteiger partial charge in [0, 0.05) is 12.0 Å². The minimum Gasteiger partial charge on any atom is -0.396 e. The number of rotatable bonds is 2. The highest BCUT2D eigenvalue weighted by Gasteiger charge is 2.56. The van der Waals surface area contributed by atoms with Crippen LogP contribution in [0.5, 0.6) is 0 Å². The fourth-order valence-corrected chi connectivity index (χ4v) is 6.48. The van der Waals surface area contributed by atoms with Gasteiger partial charge in [0.25, 0.3) is 0 Å². The molecule has 1 heterocycles. The van der Waals surface area contributed by atoms with E-state index < -0.39 is 9.84 Å². The third-order valence-electron chi connectivity index (χ3n) is 5.36. The summed E-state index contributed by atoms with van der Waals surface area (Å²) in [7, 11) is -2.81. The lowest BCUT2D eigenvalue weighted by molar-refractivity contribution is 0.0163. The van der Waals surface area contributed by atoms with Gasteiger partial charge in [-0.2, -0.15) is 0 Å². The van der Waals surface area contributed by atoms with Gasteiger partial charge in [-0.15, -0.1) is 0 Å². The Bertz CT molecular complexity index is 389. The molecule has 3 aliphatic rings. The Morgan fingerprint density at radius 1 is 1.19 bits per heavy atom. The van der Waals surface area contributed by atoms with Crippen LogP contribution in [0, 0.1) is 23.2 Å². The second-order valence-corrected chi connectivity index (χ2v) is 8.30. The van der Waals surface area contributed by atoms with E-state index in [2.05, 4.69) is 0 Å². The smallest absolute Gasteiger partial charge is 0.150 e. The number of aliphatic hydroxyl groups excluding tert-OH is 1. The molecule has 1 N–H and O–H groups in total. The SMILES string of the molecule is O=S1(=O)CCC(C2(CO)CC3CCC2C3)C1. The topological polar surface area (TPSA) is 54.4 Å². The van der Waals surface area contributed by atoms with E-state index in [4.69, 9.17) is 0 Å². The van der Waals surface area contributed by atoms with E-state index in [0.29, 0.717) is 17.4 Å². The van der Waals surface area contributed by atoms with Crippen LogP contribution in [0.15, 0.2) is 0 Å². The van der Waals surface area contributed by atoms with Crippen LogP contribution in [0.4, 0.5) is 0 Å². The highest BCUT2D eigenvalue weighted by Crippen LogP contribution is 2.60. The Labute approximate surface area is 97.2 Å². The van der Waals surface area contributed by atoms with Crippen LogP contribution in [0.2, 0.25) is 0 Å². The maximum absolute atomic E-state index is 11.6. The molecule has 1 aliphatic heterocycles. The van der Waals surface area contributed by atoms with E-state index in [9.17, 15) is 13.5 Å². The van der Waals surface area contributed by atoms with Gasteiger partial charge in [0.05, 0.1) is 11.5 Å². The lowest BCUT2D eigenvalue weighted by atomic mass is 9.65. The van der Waals surface area contributed by atoms with Gasteiger partial charge in [0.15, 0.2) is 9.84 Å². The summed E-state index contributed by atoms with van der Waals surface area (Å²) in [5.41, 5.74) is -0.0352. The molecule has 2 bridgehead atoms. The average Bonchev–Trinajstić information content (AvgIpc) is 2.90. The lowest BCUT2D eigenvalue weighted by Crippen LogP contribution is -2.40. The molecule has 3 rings (SSSR count). The highest BCUT2D eigenvalue weighted by molar-refractivity contribution is 7.91. The zero-order chi connectivity index (χ0) is 11.4. The molecular weight excluding hydrogens is 224 g/mol. The standard InChI is InChI=1S/C12H20O3S/c13-8-12(6-9-1-2-10(12)5-9)11-3-4-16(14,15)7-11/h9-11,13H,1-8H2. The fourth-order valence-electron chi connectivity index (χ4n) is 4.56. The molecule has 1 saturated heterocycles. The van der Waals surface area contributed by atoms with Crippen molar-refractivity contribution in [3.05, 3.63) is 0 Å². The number of sulfone groups is 1. The number of hydrogen-bond acceptors (Lipinski definition) is 3. The predicted molar refractivity (Wildman–Crippen MR) is 61.7 cm³/mol. The summed E-state index contributed by atoms with van der Waals surface area (Å²) in [6.07, 6.45) is 5.60. The zero-order valence-corrected chi connectivity index (χ0v) is 10.4. The first-order valence-corrected chi connectivity index (χ1v) is 8.19. The summed E-state index contributed by atoms with van der Waals surface area (Å²) in [5.74, 6) is 2.27. The van der Waals surface area contributed by atoms with Crippen molar-refractivity contribution in [3.63, 3.8) is 0 Å². The van der Waals surface area contributed by atoms with Crippen molar-refractivity contribution >= 4 is 9.84 Å². The van der Waals surface area contributed by atoms with Crippen molar-refractivity contribution < 1.29 is 13.5 Å². The molecule has 0 aromatic heterocycles. The molecule has 2 aliphatic carbocycles. The van der Waals surface area contributed by atoms with Crippen LogP contribution in [0.3, 0.4) is 0 Å². The van der Waals surface area contributed by atoms with Crippen molar-refractivity contribution in [3.8, 4) is 0 Å². The van der Waals surface area contributed by atoms with Gasteiger partial charge in [-0.3, -0.25) is 0 Å². The second-order valence-electron chi connectivity index (χ2n) is 6.07. The van der Waals surface area contributed by atoms with Crippen molar-refractivity contribution in [2.75, 3.05) is 18.1 Å². The fraction of sp³-hybridized carbons (Fsp3) is 1.00. The summed E-state index contributed by atoms with van der Waals surface area (Å²) < 4.78 is 23.2. The third kappa shape index (κ3) is 1.46. The Hall–Kier alpha value is -0.0900. The minimum absolute atomic E-state index is 0.0352. The van der Waals surface area contributed by atoms with Gasteiger partial charge < -0.3 is 5.11 Å². The van der Waals surface area contributed by atoms with Gasteiger partial charge in [-0.05, 0) is 43.4 Å². The zero-order valence-electron chi connectivity index (χ0n) is 9.56. The van der Waals surface area contributed by atoms with Gasteiger partial charge >= 0.3 is 0 Å². The van der Waals surface area contributed by atoms with Crippen LogP contribution in [-0.2, 0) is 9.84 Å². The first-order valence-electron chi connectivity index (χ1n) is 6.37. The van der Waals surface area contributed by atoms with E-state index >= 15 is 0 Å². The van der Waals surface area contributed by atoms with Crippen LogP contribution >= 0.6 is 0 Å². The summed E-state index contributed by atoms with van der Waals surface area (Å²) in [6, 6.07) is 0. The van der Waals surface area contributed by atoms with Gasteiger partial charge in [0.2, 0.25) is 0 Å². The summed E-state index contributed by atoms with van der Waals surface area (Å²) in [5, 5.41) is 9.77. The van der Waals surface area contributed by atoms with E-state index in [1.165, 1.54) is 19.3 Å². The largest absolute Gasteiger partial charge is 0.396 e. The molecule has 16 heavy (non-hydrogen) atoms. The Morgan fingerprint density at radius 2 is 2.00 bits per heavy atom. The van der Waals surface area contributed by atoms with Crippen LogP contribution in [-0.4, -0.2) is 31.6 Å². The normalized spacial score (nSPS) is 49.9. The molecule has 3 nitrogen and oxygen atoms in total. The molecule has 0 spiro atoms. The summed E-state index contributed by atoms with van der Waals surface area (Å²) in [4.78, 5) is 0.